The monoisotopic (exact) mass is 449 g/mol. The summed E-state index contributed by atoms with van der Waals surface area (Å²) in [6.45, 7) is -1.10. The summed E-state index contributed by atoms with van der Waals surface area (Å²) in [7, 11) is 0. The number of aromatic nitrogens is 2. The maximum atomic E-state index is 14.2. The van der Waals surface area contributed by atoms with Gasteiger partial charge in [-0.2, -0.15) is 13.8 Å². The molecule has 3 N–H and O–H groups in total. The van der Waals surface area contributed by atoms with Gasteiger partial charge >= 0.3 is 11.6 Å². The first-order valence-electron chi connectivity index (χ1n) is 10.6. The number of nitrogens with one attached hydrogen (secondary N) is 1. The van der Waals surface area contributed by atoms with Gasteiger partial charge in [-0.3, -0.25) is 13.8 Å². The van der Waals surface area contributed by atoms with E-state index in [1.165, 1.54) is 6.07 Å². The van der Waals surface area contributed by atoms with Gasteiger partial charge in [0.25, 0.3) is 0 Å². The summed E-state index contributed by atoms with van der Waals surface area (Å²) in [4.78, 5) is 27.7. The van der Waals surface area contributed by atoms with Crippen LogP contribution in [0.5, 0.6) is 0 Å². The summed E-state index contributed by atoms with van der Waals surface area (Å²) in [6.07, 6.45) is 2.46. The Bertz CT molecular complexity index is 762. The van der Waals surface area contributed by atoms with Crippen LogP contribution >= 0.6 is 0 Å². The zero-order chi connectivity index (χ0) is 22.9. The summed E-state index contributed by atoms with van der Waals surface area (Å²) in [5.41, 5.74) is -1.08. The fourth-order valence-corrected chi connectivity index (χ4v) is 3.43. The molecule has 0 aromatic carbocycles. The number of halogens is 3. The van der Waals surface area contributed by atoms with Crippen LogP contribution in [0.3, 0.4) is 0 Å². The molecule has 0 radical (unpaired) electrons. The Morgan fingerprint density at radius 1 is 1.16 bits per heavy atom. The molecule has 8 nitrogen and oxygen atoms in total. The molecule has 1 amide bonds. The highest BCUT2D eigenvalue weighted by Gasteiger charge is 2.59. The number of hydrogen-bond donors (Lipinski definition) is 3. The van der Waals surface area contributed by atoms with E-state index in [1.807, 2.05) is 0 Å². The van der Waals surface area contributed by atoms with Gasteiger partial charge in [-0.15, -0.1) is 0 Å². The molecule has 3 atom stereocenters. The minimum Gasteiger partial charge on any atom is -0.394 e. The van der Waals surface area contributed by atoms with Crippen molar-refractivity contribution in [2.45, 2.75) is 82.1 Å². The van der Waals surface area contributed by atoms with Crippen molar-refractivity contribution in [1.82, 2.24) is 9.55 Å². The van der Waals surface area contributed by atoms with Gasteiger partial charge in [-0.25, -0.2) is 4.79 Å². The molecule has 1 fully saturated rings. The number of unbranched alkanes of at least 4 members (excludes halogenated alkanes) is 7. The zero-order valence-corrected chi connectivity index (χ0v) is 17.3. The number of carbonyl (C=O) groups excluding carboxylic acids is 1. The lowest BCUT2D eigenvalue weighted by Gasteiger charge is -2.21. The normalized spacial score (nSPS) is 22.5. The van der Waals surface area contributed by atoms with E-state index < -0.39 is 36.7 Å². The second-order valence-corrected chi connectivity index (χ2v) is 7.65. The number of rotatable bonds is 13. The smallest absolute Gasteiger partial charge is 0.351 e. The molecule has 0 aliphatic carbocycles. The lowest BCUT2D eigenvalue weighted by atomic mass is 10.1. The van der Waals surface area contributed by atoms with Crippen LogP contribution in [0, 0.1) is 0 Å². The molecule has 0 spiro atoms. The molecular formula is C20H30F3N3O5. The number of nitrogens with zero attached hydrogens (tertiary/aromatic N) is 2. The van der Waals surface area contributed by atoms with Crippen LogP contribution < -0.4 is 11.0 Å². The molecule has 2 heterocycles. The fraction of sp³-hybridized carbons (Fsp3) is 0.750. The maximum absolute atomic E-state index is 14.2. The van der Waals surface area contributed by atoms with E-state index in [1.54, 1.807) is 0 Å². The number of hydrogen-bond acceptors (Lipinski definition) is 6. The molecule has 0 bridgehead atoms. The van der Waals surface area contributed by atoms with Crippen molar-refractivity contribution in [3.05, 3.63) is 22.7 Å². The second kappa shape index (κ2) is 12.2. The molecule has 176 valence electrons. The lowest BCUT2D eigenvalue weighted by Crippen LogP contribution is -2.41. The Hall–Kier alpha value is -1.98. The van der Waals surface area contributed by atoms with Crippen molar-refractivity contribution in [3.63, 3.8) is 0 Å². The average Bonchev–Trinajstić information content (AvgIpc) is 2.96. The molecule has 1 aromatic heterocycles. The van der Waals surface area contributed by atoms with Crippen LogP contribution in [0.2, 0.25) is 0 Å². The zero-order valence-electron chi connectivity index (χ0n) is 17.3. The number of aliphatic hydroxyl groups excluding tert-OH is 2. The van der Waals surface area contributed by atoms with Crippen LogP contribution in [0.25, 0.3) is 0 Å². The minimum absolute atomic E-state index is 0.0697. The Labute approximate surface area is 178 Å². The molecule has 1 aromatic rings. The fourth-order valence-electron chi connectivity index (χ4n) is 3.43. The number of anilines is 1. The molecule has 11 heteroatoms. The van der Waals surface area contributed by atoms with Gasteiger partial charge in [0.15, 0.2) is 6.10 Å². The van der Waals surface area contributed by atoms with Crippen LogP contribution in [-0.4, -0.2) is 57.1 Å². The lowest BCUT2D eigenvalue weighted by molar-refractivity contribution is -0.141. The molecule has 0 saturated carbocycles. The van der Waals surface area contributed by atoms with E-state index in [0.29, 0.717) is 17.4 Å². The minimum atomic E-state index is -3.79. The first kappa shape index (κ1) is 25.3. The van der Waals surface area contributed by atoms with Crippen LogP contribution in [0.4, 0.5) is 19.0 Å². The van der Waals surface area contributed by atoms with Crippen molar-refractivity contribution < 1.29 is 32.9 Å². The molecule has 1 aliphatic heterocycles. The van der Waals surface area contributed by atoms with E-state index in [9.17, 15) is 27.9 Å². The van der Waals surface area contributed by atoms with E-state index in [4.69, 9.17) is 9.84 Å². The van der Waals surface area contributed by atoms with E-state index in [-0.39, 0.29) is 24.8 Å². The summed E-state index contributed by atoms with van der Waals surface area (Å²) in [5.74, 6) is -4.21. The van der Waals surface area contributed by atoms with Crippen LogP contribution in [0.15, 0.2) is 17.1 Å². The van der Waals surface area contributed by atoms with E-state index in [2.05, 4.69) is 10.3 Å². The van der Waals surface area contributed by atoms with Crippen molar-refractivity contribution in [2.24, 2.45) is 0 Å². The maximum Gasteiger partial charge on any atom is 0.351 e. The molecular weight excluding hydrogens is 419 g/mol. The highest BCUT2D eigenvalue weighted by Crippen LogP contribution is 2.41. The second-order valence-electron chi connectivity index (χ2n) is 7.65. The summed E-state index contributed by atoms with van der Waals surface area (Å²) < 4.78 is 45.7. The van der Waals surface area contributed by atoms with Gasteiger partial charge in [-0.1, -0.05) is 38.5 Å². The first-order valence-corrected chi connectivity index (χ1v) is 10.6. The van der Waals surface area contributed by atoms with Gasteiger partial charge in [0, 0.05) is 12.6 Å². The summed E-state index contributed by atoms with van der Waals surface area (Å²) in [5, 5.41) is 21.0. The Morgan fingerprint density at radius 2 is 1.77 bits per heavy atom. The first-order chi connectivity index (χ1) is 14.8. The highest BCUT2D eigenvalue weighted by atomic mass is 19.3. The van der Waals surface area contributed by atoms with E-state index in [0.717, 1.165) is 44.7 Å². The third-order valence-corrected chi connectivity index (χ3v) is 5.20. The molecule has 2 rings (SSSR count). The third-order valence-electron chi connectivity index (χ3n) is 5.20. The van der Waals surface area contributed by atoms with Gasteiger partial charge in [0.1, 0.15) is 11.9 Å². The SMILES string of the molecule is O=C(CCCCCCCCCCF)Nc1ccn([C@@H]2O[C@H](CO)[C@@H](O)C2(F)F)c(=O)n1. The highest BCUT2D eigenvalue weighted by molar-refractivity contribution is 5.89. The molecule has 31 heavy (non-hydrogen) atoms. The number of amides is 1. The summed E-state index contributed by atoms with van der Waals surface area (Å²) in [6, 6.07) is 1.19. The van der Waals surface area contributed by atoms with Gasteiger partial charge in [0.2, 0.25) is 12.1 Å². The van der Waals surface area contributed by atoms with Crippen molar-refractivity contribution in [3.8, 4) is 0 Å². The number of carbonyl (C=O) groups is 1. The Kier molecular flexibility index (Phi) is 9.92. The molecule has 0 unspecified atom stereocenters. The van der Waals surface area contributed by atoms with Gasteiger partial charge < -0.3 is 20.3 Å². The number of aliphatic hydroxyl groups is 2. The van der Waals surface area contributed by atoms with Crippen LogP contribution in [-0.2, 0) is 9.53 Å². The van der Waals surface area contributed by atoms with Gasteiger partial charge in [0.05, 0.1) is 13.3 Å². The van der Waals surface area contributed by atoms with Crippen molar-refractivity contribution in [2.75, 3.05) is 18.6 Å². The predicted molar refractivity (Wildman–Crippen MR) is 107 cm³/mol. The van der Waals surface area contributed by atoms with Crippen molar-refractivity contribution >= 4 is 11.7 Å². The molecule has 1 saturated heterocycles. The third kappa shape index (κ3) is 7.01. The van der Waals surface area contributed by atoms with E-state index >= 15 is 0 Å². The predicted octanol–water partition coefficient (Wildman–Crippen LogP) is 2.55. The Morgan fingerprint density at radius 3 is 2.32 bits per heavy atom. The number of ether oxygens (including phenoxy) is 1. The Balaban J connectivity index is 1.78. The quantitative estimate of drug-likeness (QED) is 0.399. The topological polar surface area (TPSA) is 114 Å². The molecule has 1 aliphatic rings. The standard InChI is InChI=1S/C20H30F3N3O5/c21-11-8-6-4-2-1-3-5-7-9-16(28)24-15-10-12-26(19(30)25-15)18-20(22,23)17(29)14(13-27)31-18/h10,12,14,17-18,27,29H,1-9,11,13H2,(H,24,25,28,30)/t14-,17-,18-/m1/s1. The summed E-state index contributed by atoms with van der Waals surface area (Å²) >= 11 is 0. The largest absolute Gasteiger partial charge is 0.394 e. The average molecular weight is 449 g/mol. The van der Waals surface area contributed by atoms with Crippen molar-refractivity contribution in [1.29, 1.82) is 0 Å². The number of alkyl halides is 3. The van der Waals surface area contributed by atoms with Crippen LogP contribution in [0.1, 0.15) is 64.0 Å². The van der Waals surface area contributed by atoms with Gasteiger partial charge in [-0.05, 0) is 18.9 Å².